The molecule has 0 fully saturated rings. The van der Waals surface area contributed by atoms with Crippen LogP contribution in [-0.4, -0.2) is 8.42 Å². The third kappa shape index (κ3) is 3.54. The van der Waals surface area contributed by atoms with E-state index in [4.69, 9.17) is 9.88 Å². The number of sulfonamides is 1. The zero-order valence-electron chi connectivity index (χ0n) is 16.0. The summed E-state index contributed by atoms with van der Waals surface area (Å²) >= 11 is 1.68. The summed E-state index contributed by atoms with van der Waals surface area (Å²) in [6.45, 7) is 0. The topological polar surface area (TPSA) is 69.4 Å². The van der Waals surface area contributed by atoms with Gasteiger partial charge in [0.2, 0.25) is 10.0 Å². The minimum absolute atomic E-state index is 0.207. The van der Waals surface area contributed by atoms with Crippen LogP contribution in [0, 0.1) is 0 Å². The molecule has 1 aromatic heterocycles. The lowest BCUT2D eigenvalue weighted by Crippen LogP contribution is -2.18. The molecule has 5 rings (SSSR count). The lowest BCUT2D eigenvalue weighted by molar-refractivity contribution is 0.243. The normalized spacial score (nSPS) is 15.2. The molecule has 2 heterocycles. The van der Waals surface area contributed by atoms with Crippen molar-refractivity contribution in [3.05, 3.63) is 101 Å². The Kier molecular flexibility index (Phi) is 4.70. The maximum atomic E-state index is 11.7. The lowest BCUT2D eigenvalue weighted by atomic mass is 9.86. The average molecular weight is 434 g/mol. The number of rotatable bonds is 4. The second kappa shape index (κ2) is 7.40. The summed E-state index contributed by atoms with van der Waals surface area (Å²) in [6, 6.07) is 25.9. The lowest BCUT2D eigenvalue weighted by Gasteiger charge is -2.31. The van der Waals surface area contributed by atoms with E-state index >= 15 is 0 Å². The molecule has 1 aliphatic rings. The predicted octanol–water partition coefficient (Wildman–Crippen LogP) is 5.35. The maximum absolute atomic E-state index is 11.7. The molecule has 3 aromatic carbocycles. The van der Waals surface area contributed by atoms with Crippen molar-refractivity contribution in [1.29, 1.82) is 0 Å². The summed E-state index contributed by atoms with van der Waals surface area (Å²) in [6.07, 6.45) is -0.326. The highest BCUT2D eigenvalue weighted by molar-refractivity contribution is 7.88. The molecule has 1 aliphatic heterocycles. The molecular weight excluding hydrogens is 414 g/mol. The van der Waals surface area contributed by atoms with Crippen molar-refractivity contribution in [3.63, 3.8) is 0 Å². The number of fused-ring (bicyclic) bond motifs is 3. The Morgan fingerprint density at radius 2 is 1.73 bits per heavy atom. The highest BCUT2D eigenvalue weighted by Gasteiger charge is 2.30. The number of ether oxygens (including phenoxy) is 1. The number of hydrogen-bond donors (Lipinski definition) is 1. The Bertz CT molecular complexity index is 1310. The first kappa shape index (κ1) is 19.1. The van der Waals surface area contributed by atoms with Crippen LogP contribution in [0.2, 0.25) is 0 Å². The van der Waals surface area contributed by atoms with Crippen molar-refractivity contribution in [2.45, 2.75) is 11.9 Å². The van der Waals surface area contributed by atoms with Crippen molar-refractivity contribution in [2.24, 2.45) is 5.14 Å². The van der Waals surface area contributed by atoms with Crippen LogP contribution in [0.1, 0.15) is 22.8 Å². The largest absolute Gasteiger partial charge is 0.480 e. The quantitative estimate of drug-likeness (QED) is 0.471. The molecule has 0 aliphatic carbocycles. The van der Waals surface area contributed by atoms with Crippen LogP contribution >= 0.6 is 11.3 Å². The van der Waals surface area contributed by atoms with Gasteiger partial charge in [0, 0.05) is 21.6 Å². The van der Waals surface area contributed by atoms with Crippen molar-refractivity contribution in [3.8, 4) is 27.3 Å². The van der Waals surface area contributed by atoms with Gasteiger partial charge in [0.25, 0.3) is 0 Å². The van der Waals surface area contributed by atoms with E-state index in [0.29, 0.717) is 5.56 Å². The third-order valence-electron chi connectivity index (χ3n) is 5.20. The first-order valence-corrected chi connectivity index (χ1v) is 12.1. The fourth-order valence-corrected chi connectivity index (χ4v) is 5.39. The average Bonchev–Trinajstić information content (AvgIpc) is 3.27. The van der Waals surface area contributed by atoms with Crippen LogP contribution in [0.5, 0.6) is 5.75 Å². The summed E-state index contributed by atoms with van der Waals surface area (Å²) in [5, 5.41) is 7.35. The van der Waals surface area contributed by atoms with Gasteiger partial charge in [0.15, 0.2) is 0 Å². The van der Waals surface area contributed by atoms with E-state index in [0.717, 1.165) is 38.4 Å². The molecule has 4 nitrogen and oxygen atoms in total. The van der Waals surface area contributed by atoms with Crippen molar-refractivity contribution in [1.82, 2.24) is 0 Å². The molecular formula is C24H19NO3S2. The van der Waals surface area contributed by atoms with Gasteiger partial charge < -0.3 is 4.74 Å². The third-order valence-corrected chi connectivity index (χ3v) is 6.83. The van der Waals surface area contributed by atoms with Crippen molar-refractivity contribution >= 4 is 21.4 Å². The molecule has 150 valence electrons. The molecule has 0 radical (unpaired) electrons. The highest BCUT2D eigenvalue weighted by atomic mass is 32.2. The maximum Gasteiger partial charge on any atom is 0.213 e. The highest BCUT2D eigenvalue weighted by Crippen LogP contribution is 2.49. The molecule has 0 saturated carbocycles. The van der Waals surface area contributed by atoms with Crippen LogP contribution < -0.4 is 9.88 Å². The first-order valence-electron chi connectivity index (χ1n) is 9.52. The van der Waals surface area contributed by atoms with Gasteiger partial charge in [-0.3, -0.25) is 0 Å². The van der Waals surface area contributed by atoms with Gasteiger partial charge in [-0.1, -0.05) is 66.7 Å². The number of hydrogen-bond acceptors (Lipinski definition) is 4. The van der Waals surface area contributed by atoms with Crippen LogP contribution in [0.3, 0.4) is 0 Å². The molecule has 4 aromatic rings. The number of benzene rings is 3. The molecule has 6 heteroatoms. The zero-order chi connectivity index (χ0) is 20.7. The molecule has 0 amide bonds. The minimum atomic E-state index is -3.63. The Morgan fingerprint density at radius 1 is 0.900 bits per heavy atom. The second-order valence-electron chi connectivity index (χ2n) is 7.29. The SMILES string of the molecule is NS(=O)(=O)Cc1ccc2c(c1)C(c1ccccc1)Oc1cccc(-c3cccs3)c1-2. The van der Waals surface area contributed by atoms with Gasteiger partial charge >= 0.3 is 0 Å². The van der Waals surface area contributed by atoms with Crippen LogP contribution in [-0.2, 0) is 15.8 Å². The van der Waals surface area contributed by atoms with Crippen LogP contribution in [0.15, 0.2) is 84.2 Å². The van der Waals surface area contributed by atoms with Gasteiger partial charge in [-0.05, 0) is 34.2 Å². The summed E-state index contributed by atoms with van der Waals surface area (Å²) < 4.78 is 29.8. The molecule has 1 unspecified atom stereocenters. The van der Waals surface area contributed by atoms with Crippen LogP contribution in [0.25, 0.3) is 21.6 Å². The molecule has 0 bridgehead atoms. The number of nitrogens with two attached hydrogens (primary N) is 1. The van der Waals surface area contributed by atoms with E-state index in [9.17, 15) is 8.42 Å². The van der Waals surface area contributed by atoms with Gasteiger partial charge in [-0.25, -0.2) is 13.6 Å². The Balaban J connectivity index is 1.74. The van der Waals surface area contributed by atoms with E-state index in [1.54, 1.807) is 11.3 Å². The van der Waals surface area contributed by atoms with Gasteiger partial charge in [0.1, 0.15) is 11.9 Å². The molecule has 1 atom stereocenters. The molecule has 0 saturated heterocycles. The predicted molar refractivity (Wildman–Crippen MR) is 121 cm³/mol. The second-order valence-corrected chi connectivity index (χ2v) is 9.86. The zero-order valence-corrected chi connectivity index (χ0v) is 17.6. The van der Waals surface area contributed by atoms with Crippen molar-refractivity contribution in [2.75, 3.05) is 0 Å². The summed E-state index contributed by atoms with van der Waals surface area (Å²) in [4.78, 5) is 1.16. The summed E-state index contributed by atoms with van der Waals surface area (Å²) in [5.41, 5.74) is 5.79. The van der Waals surface area contributed by atoms with E-state index in [2.05, 4.69) is 17.5 Å². The van der Waals surface area contributed by atoms with E-state index in [-0.39, 0.29) is 11.9 Å². The summed E-state index contributed by atoms with van der Waals surface area (Å²) in [5.74, 6) is 0.614. The fourth-order valence-electron chi connectivity index (χ4n) is 3.99. The van der Waals surface area contributed by atoms with E-state index in [1.807, 2.05) is 66.7 Å². The minimum Gasteiger partial charge on any atom is -0.480 e. The Hall–Kier alpha value is -2.93. The van der Waals surface area contributed by atoms with Crippen molar-refractivity contribution < 1.29 is 13.2 Å². The monoisotopic (exact) mass is 433 g/mol. The first-order chi connectivity index (χ1) is 14.5. The van der Waals surface area contributed by atoms with E-state index < -0.39 is 10.0 Å². The smallest absolute Gasteiger partial charge is 0.213 e. The molecule has 30 heavy (non-hydrogen) atoms. The number of primary sulfonamides is 1. The molecule has 2 N–H and O–H groups in total. The van der Waals surface area contributed by atoms with E-state index in [1.165, 1.54) is 0 Å². The summed E-state index contributed by atoms with van der Waals surface area (Å²) in [7, 11) is -3.63. The van der Waals surface area contributed by atoms with Crippen LogP contribution in [0.4, 0.5) is 0 Å². The Labute approximate surface area is 179 Å². The van der Waals surface area contributed by atoms with Gasteiger partial charge in [0.05, 0.1) is 5.75 Å². The fraction of sp³-hybridized carbons (Fsp3) is 0.0833. The van der Waals surface area contributed by atoms with Gasteiger partial charge in [-0.15, -0.1) is 11.3 Å². The standard InChI is InChI=1S/C24H19NO3S2/c25-30(26,27)15-16-11-12-18-20(14-16)24(17-6-2-1-3-7-17)28-21-9-4-8-19(23(18)21)22-10-5-13-29-22/h1-14,24H,15H2,(H2,25,26,27). The van der Waals surface area contributed by atoms with Gasteiger partial charge in [-0.2, -0.15) is 0 Å². The number of thiophene rings is 1. The Morgan fingerprint density at radius 3 is 2.47 bits per heavy atom. The molecule has 0 spiro atoms.